The minimum absolute atomic E-state index is 0.115. The molecule has 8 nitrogen and oxygen atoms in total. The van der Waals surface area contributed by atoms with Crippen molar-refractivity contribution >= 4 is 35.2 Å². The zero-order chi connectivity index (χ0) is 25.2. The number of methoxy groups -OCH3 is 1. The van der Waals surface area contributed by atoms with Crippen LogP contribution >= 0.6 is 11.8 Å². The van der Waals surface area contributed by atoms with E-state index in [1.807, 2.05) is 6.92 Å². The molecule has 1 aromatic rings. The Morgan fingerprint density at radius 2 is 1.89 bits per heavy atom. The van der Waals surface area contributed by atoms with E-state index in [1.54, 1.807) is 55.0 Å². The summed E-state index contributed by atoms with van der Waals surface area (Å²) in [5.41, 5.74) is 0.636. The molecule has 3 heterocycles. The van der Waals surface area contributed by atoms with Gasteiger partial charge < -0.3 is 24.8 Å². The van der Waals surface area contributed by atoms with Crippen LogP contribution in [0.5, 0.6) is 5.75 Å². The minimum Gasteiger partial charge on any atom is -0.497 e. The van der Waals surface area contributed by atoms with Crippen molar-refractivity contribution in [1.29, 1.82) is 0 Å². The van der Waals surface area contributed by atoms with E-state index >= 15 is 0 Å². The fourth-order valence-corrected chi connectivity index (χ4v) is 8.53. The van der Waals surface area contributed by atoms with Crippen molar-refractivity contribution in [3.63, 3.8) is 0 Å². The number of benzene rings is 1. The van der Waals surface area contributed by atoms with E-state index in [0.717, 1.165) is 32.1 Å². The van der Waals surface area contributed by atoms with Crippen LogP contribution in [0.4, 0.5) is 5.69 Å². The van der Waals surface area contributed by atoms with Gasteiger partial charge in [0.2, 0.25) is 11.8 Å². The van der Waals surface area contributed by atoms with Crippen LogP contribution in [-0.2, 0) is 19.1 Å². The van der Waals surface area contributed by atoms with E-state index in [1.165, 1.54) is 0 Å². The number of rotatable bonds is 11. The Labute approximate surface area is 211 Å². The number of thioether (sulfide) groups is 1. The lowest BCUT2D eigenvalue weighted by Crippen LogP contribution is -2.51. The monoisotopic (exact) mass is 504 g/mol. The van der Waals surface area contributed by atoms with Gasteiger partial charge in [0.25, 0.3) is 0 Å². The largest absolute Gasteiger partial charge is 0.497 e. The molecule has 4 rings (SSSR count). The van der Waals surface area contributed by atoms with Crippen LogP contribution in [0.1, 0.15) is 52.4 Å². The number of nitrogens with zero attached hydrogens (tertiary/aromatic N) is 1. The van der Waals surface area contributed by atoms with Gasteiger partial charge in [-0.3, -0.25) is 14.4 Å². The van der Waals surface area contributed by atoms with Crippen molar-refractivity contribution in [3.8, 4) is 5.75 Å². The summed E-state index contributed by atoms with van der Waals surface area (Å²) in [6, 6.07) is 6.46. The maximum absolute atomic E-state index is 13.9. The van der Waals surface area contributed by atoms with Crippen molar-refractivity contribution in [2.75, 3.05) is 32.2 Å². The van der Waals surface area contributed by atoms with Crippen molar-refractivity contribution < 1.29 is 29.0 Å². The lowest BCUT2D eigenvalue weighted by atomic mass is 9.66. The average molecular weight is 505 g/mol. The zero-order valence-electron chi connectivity index (χ0n) is 20.7. The number of hydrogen-bond donors (Lipinski definition) is 2. The van der Waals surface area contributed by atoms with Crippen LogP contribution in [0.15, 0.2) is 24.3 Å². The van der Waals surface area contributed by atoms with Gasteiger partial charge in [0, 0.05) is 23.6 Å². The molecule has 0 aromatic heterocycles. The summed E-state index contributed by atoms with van der Waals surface area (Å²) in [5, 5.41) is 12.1. The molecule has 2 bridgehead atoms. The molecule has 3 aliphatic heterocycles. The number of amides is 2. The van der Waals surface area contributed by atoms with Crippen LogP contribution in [0.2, 0.25) is 0 Å². The van der Waals surface area contributed by atoms with Crippen molar-refractivity contribution in [2.45, 2.75) is 67.9 Å². The van der Waals surface area contributed by atoms with E-state index < -0.39 is 27.4 Å². The second kappa shape index (κ2) is 10.4. The molecule has 3 aliphatic rings. The Hall–Kier alpha value is -2.26. The SMILES string of the molecule is CCOC(=O)[C@@H]1[C@H]2C(=O)N(CCCCCCO)C(C(=O)Nc3ccc(OC)cc3)C23CC[C@@]1(C)S3. The molecule has 0 aliphatic carbocycles. The molecule has 1 aromatic carbocycles. The Morgan fingerprint density at radius 3 is 2.54 bits per heavy atom. The van der Waals surface area contributed by atoms with Gasteiger partial charge >= 0.3 is 5.97 Å². The fraction of sp³-hybridized carbons (Fsp3) is 0.654. The molecule has 3 saturated heterocycles. The van der Waals surface area contributed by atoms with Crippen LogP contribution in [-0.4, -0.2) is 70.2 Å². The van der Waals surface area contributed by atoms with Crippen LogP contribution in [0, 0.1) is 11.8 Å². The van der Waals surface area contributed by atoms with Crippen LogP contribution in [0.3, 0.4) is 0 Å². The van der Waals surface area contributed by atoms with Gasteiger partial charge in [-0.25, -0.2) is 0 Å². The van der Waals surface area contributed by atoms with E-state index in [0.29, 0.717) is 24.4 Å². The number of nitrogens with one attached hydrogen (secondary N) is 1. The molecule has 0 saturated carbocycles. The van der Waals surface area contributed by atoms with Crippen LogP contribution < -0.4 is 10.1 Å². The first-order chi connectivity index (χ1) is 16.8. The van der Waals surface area contributed by atoms with Gasteiger partial charge in [-0.05, 0) is 63.8 Å². The number of likely N-dealkylation sites (tertiary alicyclic amines) is 1. The molecular formula is C26H36N2O6S. The highest BCUT2D eigenvalue weighted by atomic mass is 32.2. The number of aliphatic hydroxyl groups is 1. The predicted octanol–water partition coefficient (Wildman–Crippen LogP) is 3.23. The first-order valence-electron chi connectivity index (χ1n) is 12.5. The second-order valence-corrected chi connectivity index (χ2v) is 11.8. The number of ether oxygens (including phenoxy) is 2. The number of carbonyl (C=O) groups is 3. The van der Waals surface area contributed by atoms with Gasteiger partial charge in [0.1, 0.15) is 11.8 Å². The van der Waals surface area contributed by atoms with Crippen molar-refractivity contribution in [2.24, 2.45) is 11.8 Å². The quantitative estimate of drug-likeness (QED) is 0.352. The number of unbranched alkanes of at least 4 members (excludes halogenated alkanes) is 3. The lowest BCUT2D eigenvalue weighted by molar-refractivity contribution is -0.155. The van der Waals surface area contributed by atoms with Crippen LogP contribution in [0.25, 0.3) is 0 Å². The zero-order valence-corrected chi connectivity index (χ0v) is 21.6. The summed E-state index contributed by atoms with van der Waals surface area (Å²) in [6.07, 6.45) is 4.67. The number of anilines is 1. The first kappa shape index (κ1) is 25.8. The Kier molecular flexibility index (Phi) is 7.66. The summed E-state index contributed by atoms with van der Waals surface area (Å²) in [6.45, 7) is 4.68. The second-order valence-electron chi connectivity index (χ2n) is 9.87. The molecule has 192 valence electrons. The Bertz CT molecular complexity index is 956. The Morgan fingerprint density at radius 1 is 1.17 bits per heavy atom. The molecular weight excluding hydrogens is 468 g/mol. The summed E-state index contributed by atoms with van der Waals surface area (Å²) in [5.74, 6) is -1.09. The maximum atomic E-state index is 13.9. The van der Waals surface area contributed by atoms with E-state index in [-0.39, 0.29) is 31.0 Å². The average Bonchev–Trinajstić information content (AvgIpc) is 3.40. The first-order valence-corrected chi connectivity index (χ1v) is 13.4. The Balaban J connectivity index is 1.63. The number of fused-ring (bicyclic) bond motifs is 1. The predicted molar refractivity (Wildman–Crippen MR) is 134 cm³/mol. The van der Waals surface area contributed by atoms with Gasteiger partial charge in [-0.2, -0.15) is 0 Å². The molecule has 5 atom stereocenters. The van der Waals surface area contributed by atoms with Gasteiger partial charge in [-0.15, -0.1) is 11.8 Å². The van der Waals surface area contributed by atoms with E-state index in [2.05, 4.69) is 5.32 Å². The molecule has 1 spiro atoms. The highest BCUT2D eigenvalue weighted by molar-refractivity contribution is 8.02. The molecule has 3 fully saturated rings. The topological polar surface area (TPSA) is 105 Å². The number of hydrogen-bond acceptors (Lipinski definition) is 7. The number of carbonyl (C=O) groups excluding carboxylic acids is 3. The third-order valence-electron chi connectivity index (χ3n) is 7.73. The normalized spacial score (nSPS) is 30.9. The molecule has 2 amide bonds. The summed E-state index contributed by atoms with van der Waals surface area (Å²) >= 11 is 1.64. The molecule has 9 heteroatoms. The molecule has 2 N–H and O–H groups in total. The molecule has 2 unspecified atom stereocenters. The molecule has 35 heavy (non-hydrogen) atoms. The lowest BCUT2D eigenvalue weighted by Gasteiger charge is -2.34. The number of esters is 1. The third kappa shape index (κ3) is 4.53. The third-order valence-corrected chi connectivity index (χ3v) is 9.72. The summed E-state index contributed by atoms with van der Waals surface area (Å²) in [4.78, 5) is 42.4. The maximum Gasteiger partial charge on any atom is 0.311 e. The fourth-order valence-electron chi connectivity index (χ4n) is 6.19. The highest BCUT2D eigenvalue weighted by Crippen LogP contribution is 2.71. The standard InChI is InChI=1S/C26H36N2O6S/c1-4-34-24(32)20-19-23(31)28(15-7-5-6-8-16-29)21(26(19)14-13-25(20,2)35-26)22(30)27-17-9-11-18(33-3)12-10-17/h9-12,19-21,29H,4-8,13-16H2,1-3H3,(H,27,30)/t19-,20-,21?,25+,26?/m0/s1. The van der Waals surface area contributed by atoms with Gasteiger partial charge in [-0.1, -0.05) is 12.8 Å². The minimum atomic E-state index is -0.661. The summed E-state index contributed by atoms with van der Waals surface area (Å²) in [7, 11) is 1.59. The van der Waals surface area contributed by atoms with E-state index in [9.17, 15) is 14.4 Å². The smallest absolute Gasteiger partial charge is 0.311 e. The van der Waals surface area contributed by atoms with E-state index in [4.69, 9.17) is 14.6 Å². The van der Waals surface area contributed by atoms with Crippen molar-refractivity contribution in [1.82, 2.24) is 4.90 Å². The number of aliphatic hydroxyl groups excluding tert-OH is 1. The van der Waals surface area contributed by atoms with Gasteiger partial charge in [0.05, 0.1) is 30.3 Å². The van der Waals surface area contributed by atoms with Crippen molar-refractivity contribution in [3.05, 3.63) is 24.3 Å². The van der Waals surface area contributed by atoms with Gasteiger partial charge in [0.15, 0.2) is 0 Å². The molecule has 0 radical (unpaired) electrons. The summed E-state index contributed by atoms with van der Waals surface area (Å²) < 4.78 is 9.56. The highest BCUT2D eigenvalue weighted by Gasteiger charge is 2.77.